The molecule has 1 saturated heterocycles. The molecule has 0 amide bonds. The summed E-state index contributed by atoms with van der Waals surface area (Å²) in [5, 5.41) is 0. The van der Waals surface area contributed by atoms with Crippen molar-refractivity contribution in [2.45, 2.75) is 38.5 Å². The minimum atomic E-state index is 0.353. The number of ether oxygens (including phenoxy) is 2. The van der Waals surface area contributed by atoms with Gasteiger partial charge in [-0.1, -0.05) is 42.5 Å². The van der Waals surface area contributed by atoms with Crippen LogP contribution >= 0.6 is 0 Å². The minimum absolute atomic E-state index is 0.353. The number of fused-ring (bicyclic) bond motifs is 1. The van der Waals surface area contributed by atoms with Crippen molar-refractivity contribution in [1.29, 1.82) is 0 Å². The summed E-state index contributed by atoms with van der Waals surface area (Å²) in [6, 6.07) is 17.1. The van der Waals surface area contributed by atoms with Gasteiger partial charge in [0, 0.05) is 19.6 Å². The molecule has 126 valence electrons. The van der Waals surface area contributed by atoms with Crippen molar-refractivity contribution in [3.8, 4) is 5.75 Å². The van der Waals surface area contributed by atoms with Crippen molar-refractivity contribution in [3.63, 3.8) is 0 Å². The van der Waals surface area contributed by atoms with E-state index >= 15 is 0 Å². The van der Waals surface area contributed by atoms with Crippen LogP contribution in [0.25, 0.3) is 0 Å². The summed E-state index contributed by atoms with van der Waals surface area (Å²) in [6.07, 6.45) is 3.76. The lowest BCUT2D eigenvalue weighted by Gasteiger charge is -2.20. The Balaban J connectivity index is 1.29. The van der Waals surface area contributed by atoms with Crippen LogP contribution in [-0.2, 0) is 24.3 Å². The molecule has 2 aromatic rings. The van der Waals surface area contributed by atoms with Gasteiger partial charge in [-0.15, -0.1) is 0 Å². The molecule has 0 aliphatic carbocycles. The van der Waals surface area contributed by atoms with Gasteiger partial charge in [-0.05, 0) is 42.0 Å². The van der Waals surface area contributed by atoms with Crippen LogP contribution in [0.4, 0.5) is 0 Å². The van der Waals surface area contributed by atoms with Gasteiger partial charge >= 0.3 is 0 Å². The molecular weight excluding hydrogens is 298 g/mol. The zero-order valence-electron chi connectivity index (χ0n) is 14.1. The Bertz CT molecular complexity index is 671. The molecule has 1 unspecified atom stereocenters. The Morgan fingerprint density at radius 1 is 1.08 bits per heavy atom. The zero-order valence-corrected chi connectivity index (χ0v) is 14.1. The van der Waals surface area contributed by atoms with E-state index in [0.29, 0.717) is 6.10 Å². The van der Waals surface area contributed by atoms with Gasteiger partial charge in [0.1, 0.15) is 5.75 Å². The van der Waals surface area contributed by atoms with Crippen molar-refractivity contribution in [2.24, 2.45) is 0 Å². The lowest BCUT2D eigenvalue weighted by molar-refractivity contribution is 0.0461. The Kier molecular flexibility index (Phi) is 4.81. The van der Waals surface area contributed by atoms with E-state index in [2.05, 4.69) is 47.4 Å². The smallest absolute Gasteiger partial charge is 0.122 e. The van der Waals surface area contributed by atoms with E-state index < -0.39 is 0 Å². The SMILES string of the molecule is c1ccc(COC2CCN(Cc3ccc4c(c3)CCCO4)C2)cc1. The average molecular weight is 323 g/mol. The minimum Gasteiger partial charge on any atom is -0.493 e. The molecule has 0 radical (unpaired) electrons. The van der Waals surface area contributed by atoms with E-state index in [4.69, 9.17) is 9.47 Å². The Hall–Kier alpha value is -1.84. The van der Waals surface area contributed by atoms with Gasteiger partial charge in [0.05, 0.1) is 19.3 Å². The van der Waals surface area contributed by atoms with Crippen molar-refractivity contribution < 1.29 is 9.47 Å². The molecule has 0 saturated carbocycles. The number of rotatable bonds is 5. The summed E-state index contributed by atoms with van der Waals surface area (Å²) < 4.78 is 11.8. The summed E-state index contributed by atoms with van der Waals surface area (Å²) in [5.74, 6) is 1.08. The van der Waals surface area contributed by atoms with Gasteiger partial charge in [0.2, 0.25) is 0 Å². The number of hydrogen-bond acceptors (Lipinski definition) is 3. The molecule has 2 aliphatic heterocycles. The highest BCUT2D eigenvalue weighted by molar-refractivity contribution is 5.38. The maximum absolute atomic E-state index is 6.09. The summed E-state index contributed by atoms with van der Waals surface area (Å²) in [5.41, 5.74) is 4.02. The monoisotopic (exact) mass is 323 g/mol. The van der Waals surface area contributed by atoms with Crippen molar-refractivity contribution in [2.75, 3.05) is 19.7 Å². The Labute approximate surface area is 144 Å². The fourth-order valence-corrected chi connectivity index (χ4v) is 3.64. The number of aryl methyl sites for hydroxylation is 1. The van der Waals surface area contributed by atoms with Crippen LogP contribution in [0.15, 0.2) is 48.5 Å². The third-order valence-electron chi connectivity index (χ3n) is 4.94. The molecule has 3 nitrogen and oxygen atoms in total. The maximum atomic E-state index is 6.09. The van der Waals surface area contributed by atoms with E-state index in [1.807, 2.05) is 6.07 Å². The fourth-order valence-electron chi connectivity index (χ4n) is 3.64. The zero-order chi connectivity index (χ0) is 16.2. The molecule has 0 bridgehead atoms. The van der Waals surface area contributed by atoms with Crippen LogP contribution in [0.2, 0.25) is 0 Å². The van der Waals surface area contributed by atoms with E-state index in [9.17, 15) is 0 Å². The first-order valence-corrected chi connectivity index (χ1v) is 8.99. The van der Waals surface area contributed by atoms with Crippen molar-refractivity contribution in [3.05, 3.63) is 65.2 Å². The Morgan fingerprint density at radius 3 is 2.92 bits per heavy atom. The fraction of sp³-hybridized carbons (Fsp3) is 0.429. The molecule has 1 atom stereocenters. The third kappa shape index (κ3) is 3.80. The molecule has 24 heavy (non-hydrogen) atoms. The summed E-state index contributed by atoms with van der Waals surface area (Å²) in [4.78, 5) is 2.50. The van der Waals surface area contributed by atoms with Gasteiger partial charge in [-0.25, -0.2) is 0 Å². The predicted molar refractivity (Wildman–Crippen MR) is 95.2 cm³/mol. The molecule has 0 spiro atoms. The lowest BCUT2D eigenvalue weighted by atomic mass is 10.0. The number of nitrogens with zero attached hydrogens (tertiary/aromatic N) is 1. The molecular formula is C21H25NO2. The second kappa shape index (κ2) is 7.37. The number of hydrogen-bond donors (Lipinski definition) is 0. The van der Waals surface area contributed by atoms with Crippen LogP contribution in [-0.4, -0.2) is 30.7 Å². The second-order valence-corrected chi connectivity index (χ2v) is 6.84. The quantitative estimate of drug-likeness (QED) is 0.835. The van der Waals surface area contributed by atoms with Crippen LogP contribution in [0.1, 0.15) is 29.5 Å². The van der Waals surface area contributed by atoms with Crippen molar-refractivity contribution in [1.82, 2.24) is 4.90 Å². The first-order chi connectivity index (χ1) is 11.9. The molecule has 2 aromatic carbocycles. The van der Waals surface area contributed by atoms with Gasteiger partial charge in [0.25, 0.3) is 0 Å². The second-order valence-electron chi connectivity index (χ2n) is 6.84. The summed E-state index contributed by atoms with van der Waals surface area (Å²) >= 11 is 0. The van der Waals surface area contributed by atoms with Gasteiger partial charge in [-0.2, -0.15) is 0 Å². The van der Waals surface area contributed by atoms with E-state index in [1.165, 1.54) is 16.7 Å². The number of likely N-dealkylation sites (tertiary alicyclic amines) is 1. The first kappa shape index (κ1) is 15.7. The largest absolute Gasteiger partial charge is 0.493 e. The molecule has 4 rings (SSSR count). The van der Waals surface area contributed by atoms with Crippen LogP contribution < -0.4 is 4.74 Å². The maximum Gasteiger partial charge on any atom is 0.122 e. The van der Waals surface area contributed by atoms with Gasteiger partial charge in [0.15, 0.2) is 0 Å². The first-order valence-electron chi connectivity index (χ1n) is 8.99. The molecule has 1 fully saturated rings. The van der Waals surface area contributed by atoms with Crippen LogP contribution in [0, 0.1) is 0 Å². The van der Waals surface area contributed by atoms with E-state index in [1.54, 1.807) is 0 Å². The normalized spacial score (nSPS) is 20.6. The average Bonchev–Trinajstić information content (AvgIpc) is 3.08. The standard InChI is InChI=1S/C21H25NO2/c1-2-5-17(6-3-1)16-24-20-10-11-22(15-20)14-18-8-9-21-19(13-18)7-4-12-23-21/h1-3,5-6,8-9,13,20H,4,7,10-12,14-16H2. The van der Waals surface area contributed by atoms with Gasteiger partial charge < -0.3 is 9.47 Å². The van der Waals surface area contributed by atoms with Crippen LogP contribution in [0.3, 0.4) is 0 Å². The molecule has 2 aliphatic rings. The highest BCUT2D eigenvalue weighted by Gasteiger charge is 2.23. The highest BCUT2D eigenvalue weighted by Crippen LogP contribution is 2.26. The summed E-state index contributed by atoms with van der Waals surface area (Å²) in [7, 11) is 0. The summed E-state index contributed by atoms with van der Waals surface area (Å²) in [6.45, 7) is 4.74. The highest BCUT2D eigenvalue weighted by atomic mass is 16.5. The topological polar surface area (TPSA) is 21.7 Å². The predicted octanol–water partition coefficient (Wildman–Crippen LogP) is 3.80. The molecule has 2 heterocycles. The van der Waals surface area contributed by atoms with E-state index in [-0.39, 0.29) is 0 Å². The Morgan fingerprint density at radius 2 is 2.00 bits per heavy atom. The molecule has 3 heteroatoms. The molecule has 0 N–H and O–H groups in total. The van der Waals surface area contributed by atoms with Crippen LogP contribution in [0.5, 0.6) is 5.75 Å². The molecule has 0 aromatic heterocycles. The van der Waals surface area contributed by atoms with E-state index in [0.717, 1.165) is 57.9 Å². The van der Waals surface area contributed by atoms with Crippen molar-refractivity contribution >= 4 is 0 Å². The number of benzene rings is 2. The lowest BCUT2D eigenvalue weighted by Crippen LogP contribution is -2.23. The van der Waals surface area contributed by atoms with Gasteiger partial charge in [-0.3, -0.25) is 4.90 Å². The third-order valence-corrected chi connectivity index (χ3v) is 4.94.